The highest BCUT2D eigenvalue weighted by molar-refractivity contribution is 5.80. The molecule has 0 saturated carbocycles. The van der Waals surface area contributed by atoms with Crippen LogP contribution in [0.25, 0.3) is 0 Å². The van der Waals surface area contributed by atoms with Crippen molar-refractivity contribution in [1.29, 1.82) is 0 Å². The van der Waals surface area contributed by atoms with Gasteiger partial charge in [-0.15, -0.1) is 0 Å². The molecule has 1 aliphatic rings. The zero-order chi connectivity index (χ0) is 13.8. The van der Waals surface area contributed by atoms with Gasteiger partial charge < -0.3 is 10.2 Å². The van der Waals surface area contributed by atoms with Gasteiger partial charge in [0.15, 0.2) is 11.6 Å². The fraction of sp³-hybridized carbons (Fsp3) is 0.500. The van der Waals surface area contributed by atoms with E-state index in [9.17, 15) is 13.6 Å². The van der Waals surface area contributed by atoms with Crippen LogP contribution in [0.2, 0.25) is 0 Å². The van der Waals surface area contributed by atoms with E-state index in [0.29, 0.717) is 11.6 Å². The summed E-state index contributed by atoms with van der Waals surface area (Å²) in [5.74, 6) is -1.27. The molecule has 104 valence electrons. The van der Waals surface area contributed by atoms with Crippen LogP contribution >= 0.6 is 0 Å². The van der Waals surface area contributed by atoms with Crippen molar-refractivity contribution in [3.63, 3.8) is 0 Å². The Morgan fingerprint density at radius 2 is 2.21 bits per heavy atom. The third-order valence-electron chi connectivity index (χ3n) is 3.37. The maximum atomic E-state index is 13.0. The molecule has 1 heterocycles. The largest absolute Gasteiger partial charge is 0.376 e. The molecule has 0 aliphatic carbocycles. The first-order valence-electron chi connectivity index (χ1n) is 6.53. The second-order valence-electron chi connectivity index (χ2n) is 5.07. The molecule has 1 fully saturated rings. The van der Waals surface area contributed by atoms with Gasteiger partial charge in [-0.25, -0.2) is 8.78 Å². The van der Waals surface area contributed by atoms with Crippen LogP contribution in [0.15, 0.2) is 18.2 Å². The van der Waals surface area contributed by atoms with Crippen LogP contribution < -0.4 is 5.32 Å². The second-order valence-corrected chi connectivity index (χ2v) is 5.07. The molecule has 1 atom stereocenters. The van der Waals surface area contributed by atoms with Crippen LogP contribution in [0.3, 0.4) is 0 Å². The summed E-state index contributed by atoms with van der Waals surface area (Å²) in [5, 5.41) is 2.83. The Kier molecular flexibility index (Phi) is 4.35. The molecule has 19 heavy (non-hydrogen) atoms. The topological polar surface area (TPSA) is 32.3 Å². The summed E-state index contributed by atoms with van der Waals surface area (Å²) in [5.41, 5.74) is 0.414. The molecule has 1 aromatic carbocycles. The molecule has 1 unspecified atom stereocenters. The first-order chi connectivity index (χ1) is 9.06. The minimum absolute atomic E-state index is 0.00344. The summed E-state index contributed by atoms with van der Waals surface area (Å²) in [6.07, 6.45) is 2.18. The molecule has 0 radical (unpaired) electrons. The molecule has 1 saturated heterocycles. The highest BCUT2D eigenvalue weighted by atomic mass is 19.2. The van der Waals surface area contributed by atoms with E-state index in [2.05, 4.69) is 12.2 Å². The van der Waals surface area contributed by atoms with Crippen LogP contribution in [0.4, 0.5) is 14.5 Å². The maximum absolute atomic E-state index is 13.0. The van der Waals surface area contributed by atoms with Crippen LogP contribution in [-0.2, 0) is 4.79 Å². The Balaban J connectivity index is 1.87. The quantitative estimate of drug-likeness (QED) is 0.914. The average Bonchev–Trinajstić information content (AvgIpc) is 2.40. The van der Waals surface area contributed by atoms with Crippen LogP contribution in [-0.4, -0.2) is 30.4 Å². The van der Waals surface area contributed by atoms with Crippen molar-refractivity contribution in [1.82, 2.24) is 4.90 Å². The lowest BCUT2D eigenvalue weighted by atomic mass is 10.0. The van der Waals surface area contributed by atoms with Gasteiger partial charge in [-0.1, -0.05) is 6.92 Å². The normalized spacial score (nSPS) is 19.3. The van der Waals surface area contributed by atoms with Crippen LogP contribution in [0.5, 0.6) is 0 Å². The minimum Gasteiger partial charge on any atom is -0.376 e. The van der Waals surface area contributed by atoms with Gasteiger partial charge in [-0.2, -0.15) is 0 Å². The molecule has 3 nitrogen and oxygen atoms in total. The van der Waals surface area contributed by atoms with Gasteiger partial charge >= 0.3 is 0 Å². The standard InChI is InChI=1S/C14H18F2N2O/c1-10-3-2-6-18(9-10)14(19)8-17-11-4-5-12(15)13(16)7-11/h4-5,7,10,17H,2-3,6,8-9H2,1H3. The van der Waals surface area contributed by atoms with Gasteiger partial charge in [-0.05, 0) is 30.9 Å². The number of piperidine rings is 1. The molecule has 1 amide bonds. The number of anilines is 1. The summed E-state index contributed by atoms with van der Waals surface area (Å²) in [6, 6.07) is 3.52. The molecular weight excluding hydrogens is 250 g/mol. The molecular formula is C14H18F2N2O. The summed E-state index contributed by atoms with van der Waals surface area (Å²) in [7, 11) is 0. The lowest BCUT2D eigenvalue weighted by molar-refractivity contribution is -0.130. The number of nitrogens with one attached hydrogen (secondary N) is 1. The number of benzene rings is 1. The number of halogens is 2. The van der Waals surface area contributed by atoms with Crippen molar-refractivity contribution in [3.05, 3.63) is 29.8 Å². The maximum Gasteiger partial charge on any atom is 0.241 e. The van der Waals surface area contributed by atoms with Crippen molar-refractivity contribution in [2.24, 2.45) is 5.92 Å². The number of hydrogen-bond donors (Lipinski definition) is 1. The zero-order valence-corrected chi connectivity index (χ0v) is 11.0. The number of hydrogen-bond acceptors (Lipinski definition) is 2. The van der Waals surface area contributed by atoms with Gasteiger partial charge in [0.05, 0.1) is 6.54 Å². The van der Waals surface area contributed by atoms with Crippen molar-refractivity contribution in [2.45, 2.75) is 19.8 Å². The Morgan fingerprint density at radius 3 is 2.89 bits per heavy atom. The van der Waals surface area contributed by atoms with Gasteiger partial charge in [-0.3, -0.25) is 4.79 Å². The molecule has 0 bridgehead atoms. The van der Waals surface area contributed by atoms with Crippen molar-refractivity contribution in [2.75, 3.05) is 25.0 Å². The smallest absolute Gasteiger partial charge is 0.241 e. The predicted molar refractivity (Wildman–Crippen MR) is 69.8 cm³/mol. The molecule has 0 aromatic heterocycles. The molecule has 1 aliphatic heterocycles. The van der Waals surface area contributed by atoms with E-state index < -0.39 is 11.6 Å². The van der Waals surface area contributed by atoms with Crippen molar-refractivity contribution < 1.29 is 13.6 Å². The predicted octanol–water partition coefficient (Wildman–Crippen LogP) is 2.64. The minimum atomic E-state index is -0.913. The second kappa shape index (κ2) is 5.99. The molecule has 1 N–H and O–H groups in total. The fourth-order valence-corrected chi connectivity index (χ4v) is 2.31. The van der Waals surface area contributed by atoms with E-state index in [1.165, 1.54) is 6.07 Å². The number of carbonyl (C=O) groups is 1. The summed E-state index contributed by atoms with van der Waals surface area (Å²) in [4.78, 5) is 13.8. The third kappa shape index (κ3) is 3.66. The number of carbonyl (C=O) groups excluding carboxylic acids is 1. The van der Waals surface area contributed by atoms with E-state index >= 15 is 0 Å². The molecule has 5 heteroatoms. The summed E-state index contributed by atoms with van der Waals surface area (Å²) < 4.78 is 25.8. The fourth-order valence-electron chi connectivity index (χ4n) is 2.31. The molecule has 1 aromatic rings. The van der Waals surface area contributed by atoms with E-state index in [1.807, 2.05) is 4.90 Å². The summed E-state index contributed by atoms with van der Waals surface area (Å²) in [6.45, 7) is 3.79. The monoisotopic (exact) mass is 268 g/mol. The third-order valence-corrected chi connectivity index (χ3v) is 3.37. The molecule has 2 rings (SSSR count). The number of nitrogens with zero attached hydrogens (tertiary/aromatic N) is 1. The first kappa shape index (κ1) is 13.8. The van der Waals surface area contributed by atoms with E-state index in [-0.39, 0.29) is 12.5 Å². The Bertz CT molecular complexity index is 465. The SMILES string of the molecule is CC1CCCN(C(=O)CNc2ccc(F)c(F)c2)C1. The number of likely N-dealkylation sites (tertiary alicyclic amines) is 1. The Hall–Kier alpha value is -1.65. The van der Waals surface area contributed by atoms with E-state index in [1.54, 1.807) is 0 Å². The van der Waals surface area contributed by atoms with Crippen LogP contribution in [0, 0.1) is 17.6 Å². The van der Waals surface area contributed by atoms with Crippen molar-refractivity contribution in [3.8, 4) is 0 Å². The van der Waals surface area contributed by atoms with Gasteiger partial charge in [0.2, 0.25) is 5.91 Å². The number of amides is 1. The lowest BCUT2D eigenvalue weighted by Crippen LogP contribution is -2.41. The van der Waals surface area contributed by atoms with E-state index in [4.69, 9.17) is 0 Å². The van der Waals surface area contributed by atoms with Crippen molar-refractivity contribution >= 4 is 11.6 Å². The highest BCUT2D eigenvalue weighted by Gasteiger charge is 2.20. The summed E-state index contributed by atoms with van der Waals surface area (Å²) >= 11 is 0. The van der Waals surface area contributed by atoms with Crippen LogP contribution in [0.1, 0.15) is 19.8 Å². The Labute approximate surface area is 111 Å². The van der Waals surface area contributed by atoms with Gasteiger partial charge in [0, 0.05) is 24.8 Å². The number of rotatable bonds is 3. The van der Waals surface area contributed by atoms with E-state index in [0.717, 1.165) is 38.1 Å². The van der Waals surface area contributed by atoms with Gasteiger partial charge in [0.1, 0.15) is 0 Å². The molecule has 0 spiro atoms. The average molecular weight is 268 g/mol. The van der Waals surface area contributed by atoms with Gasteiger partial charge in [0.25, 0.3) is 0 Å². The zero-order valence-electron chi connectivity index (χ0n) is 11.0. The Morgan fingerprint density at radius 1 is 1.42 bits per heavy atom. The first-order valence-corrected chi connectivity index (χ1v) is 6.53. The lowest BCUT2D eigenvalue weighted by Gasteiger charge is -2.31. The highest BCUT2D eigenvalue weighted by Crippen LogP contribution is 2.16.